The van der Waals surface area contributed by atoms with Gasteiger partial charge in [0.1, 0.15) is 0 Å². The Balaban J connectivity index is 0.00000162. The molecule has 2 atom stereocenters. The predicted molar refractivity (Wildman–Crippen MR) is 76.6 cm³/mol. The normalized spacial score (nSPS) is 28.8. The minimum atomic E-state index is 0. The Bertz CT molecular complexity index is 288. The first-order valence-corrected chi connectivity index (χ1v) is 6.87. The van der Waals surface area contributed by atoms with Gasteiger partial charge in [-0.25, -0.2) is 0 Å². The highest BCUT2D eigenvalue weighted by Crippen LogP contribution is 2.33. The van der Waals surface area contributed by atoms with E-state index >= 15 is 0 Å². The molecule has 0 spiro atoms. The highest BCUT2D eigenvalue weighted by atomic mass is 35.5. The van der Waals surface area contributed by atoms with Crippen LogP contribution in [0.1, 0.15) is 32.1 Å². The number of carbonyl (C=O) groups excluding carboxylic acids is 1. The van der Waals surface area contributed by atoms with E-state index in [-0.39, 0.29) is 18.3 Å². The molecule has 2 N–H and O–H groups in total. The number of allylic oxidation sites excluding steroid dienone is 1. The third kappa shape index (κ3) is 3.27. The maximum Gasteiger partial charge on any atom is 0.226 e. The van der Waals surface area contributed by atoms with Crippen molar-refractivity contribution in [2.75, 3.05) is 19.6 Å². The highest BCUT2D eigenvalue weighted by Gasteiger charge is 2.35. The molecule has 0 unspecified atom stereocenters. The first kappa shape index (κ1) is 15.5. The van der Waals surface area contributed by atoms with Gasteiger partial charge in [0.05, 0.1) is 0 Å². The number of nitrogens with zero attached hydrogens (tertiary/aromatic N) is 1. The van der Waals surface area contributed by atoms with Crippen LogP contribution >= 0.6 is 12.4 Å². The molecule has 1 saturated carbocycles. The van der Waals surface area contributed by atoms with Crippen molar-refractivity contribution in [1.82, 2.24) is 4.90 Å². The molecule has 1 saturated heterocycles. The number of halogens is 1. The second-order valence-corrected chi connectivity index (χ2v) is 5.43. The van der Waals surface area contributed by atoms with Gasteiger partial charge in [0, 0.05) is 19.0 Å². The van der Waals surface area contributed by atoms with Gasteiger partial charge in [0.2, 0.25) is 5.91 Å². The molecule has 2 aliphatic rings. The third-order valence-corrected chi connectivity index (χ3v) is 4.46. The summed E-state index contributed by atoms with van der Waals surface area (Å²) >= 11 is 0. The molecule has 3 nitrogen and oxygen atoms in total. The molecule has 2 fully saturated rings. The van der Waals surface area contributed by atoms with Gasteiger partial charge in [-0.15, -0.1) is 19.0 Å². The van der Waals surface area contributed by atoms with Crippen LogP contribution in [0.25, 0.3) is 0 Å². The van der Waals surface area contributed by atoms with Crippen molar-refractivity contribution in [3.05, 3.63) is 12.7 Å². The molecular weight excluding hydrogens is 248 g/mol. The molecule has 4 heteroatoms. The van der Waals surface area contributed by atoms with Crippen LogP contribution in [0, 0.1) is 17.8 Å². The summed E-state index contributed by atoms with van der Waals surface area (Å²) in [5.74, 6) is 1.60. The third-order valence-electron chi connectivity index (χ3n) is 4.46. The lowest BCUT2D eigenvalue weighted by molar-refractivity contribution is -0.137. The van der Waals surface area contributed by atoms with E-state index in [0.29, 0.717) is 24.3 Å². The van der Waals surface area contributed by atoms with Crippen LogP contribution in [0.4, 0.5) is 0 Å². The van der Waals surface area contributed by atoms with E-state index in [2.05, 4.69) is 11.5 Å². The van der Waals surface area contributed by atoms with E-state index in [0.717, 1.165) is 38.8 Å². The van der Waals surface area contributed by atoms with Crippen molar-refractivity contribution in [2.24, 2.45) is 23.5 Å². The molecule has 104 valence electrons. The van der Waals surface area contributed by atoms with E-state index in [9.17, 15) is 4.79 Å². The van der Waals surface area contributed by atoms with Gasteiger partial charge in [-0.1, -0.05) is 12.5 Å². The average molecular weight is 273 g/mol. The number of nitrogens with two attached hydrogens (primary N) is 1. The summed E-state index contributed by atoms with van der Waals surface area (Å²) < 4.78 is 0. The topological polar surface area (TPSA) is 46.3 Å². The first-order valence-electron chi connectivity index (χ1n) is 6.87. The molecule has 0 bridgehead atoms. The molecule has 2 rings (SSSR count). The van der Waals surface area contributed by atoms with Gasteiger partial charge in [0.15, 0.2) is 0 Å². The van der Waals surface area contributed by atoms with Crippen LogP contribution in [0.2, 0.25) is 0 Å². The number of piperidine rings is 1. The number of hydrogen-bond donors (Lipinski definition) is 1. The lowest BCUT2D eigenvalue weighted by atomic mass is 9.92. The second kappa shape index (κ2) is 7.15. The number of amides is 1. The molecule has 1 amide bonds. The minimum Gasteiger partial charge on any atom is -0.342 e. The van der Waals surface area contributed by atoms with Gasteiger partial charge in [-0.05, 0) is 44.1 Å². The van der Waals surface area contributed by atoms with E-state index in [1.54, 1.807) is 0 Å². The van der Waals surface area contributed by atoms with Crippen molar-refractivity contribution >= 4 is 18.3 Å². The Kier molecular flexibility index (Phi) is 6.16. The molecule has 0 radical (unpaired) electrons. The van der Waals surface area contributed by atoms with Crippen LogP contribution in [-0.4, -0.2) is 30.4 Å². The maximum atomic E-state index is 12.4. The number of rotatable bonds is 3. The van der Waals surface area contributed by atoms with Gasteiger partial charge >= 0.3 is 0 Å². The quantitative estimate of drug-likeness (QED) is 0.801. The van der Waals surface area contributed by atoms with Crippen LogP contribution < -0.4 is 5.73 Å². The largest absolute Gasteiger partial charge is 0.342 e. The fourth-order valence-electron chi connectivity index (χ4n) is 3.23. The summed E-state index contributed by atoms with van der Waals surface area (Å²) in [6, 6.07) is 0. The molecule has 1 aliphatic carbocycles. The Morgan fingerprint density at radius 2 is 1.94 bits per heavy atom. The highest BCUT2D eigenvalue weighted by molar-refractivity contribution is 5.85. The smallest absolute Gasteiger partial charge is 0.226 e. The van der Waals surface area contributed by atoms with E-state index in [1.165, 1.54) is 6.42 Å². The number of carbonyl (C=O) groups is 1. The van der Waals surface area contributed by atoms with Gasteiger partial charge in [-0.3, -0.25) is 4.79 Å². The molecule has 0 aromatic heterocycles. The van der Waals surface area contributed by atoms with E-state index < -0.39 is 0 Å². The molecular formula is C14H25ClN2O. The van der Waals surface area contributed by atoms with Crippen LogP contribution in [0.15, 0.2) is 12.7 Å². The SMILES string of the molecule is C=CC1CCN(C(=O)[C@@H]2CCC[C@@H]2CN)CC1.Cl. The van der Waals surface area contributed by atoms with Crippen molar-refractivity contribution in [1.29, 1.82) is 0 Å². The molecule has 0 aromatic rings. The maximum absolute atomic E-state index is 12.4. The van der Waals surface area contributed by atoms with E-state index in [4.69, 9.17) is 5.73 Å². The Labute approximate surface area is 116 Å². The Hall–Kier alpha value is -0.540. The Morgan fingerprint density at radius 3 is 2.50 bits per heavy atom. The molecule has 18 heavy (non-hydrogen) atoms. The van der Waals surface area contributed by atoms with Crippen LogP contribution in [-0.2, 0) is 4.79 Å². The van der Waals surface area contributed by atoms with Crippen molar-refractivity contribution in [3.8, 4) is 0 Å². The van der Waals surface area contributed by atoms with Gasteiger partial charge in [0.25, 0.3) is 0 Å². The summed E-state index contributed by atoms with van der Waals surface area (Å²) in [6.07, 6.45) is 7.53. The van der Waals surface area contributed by atoms with E-state index in [1.807, 2.05) is 6.08 Å². The summed E-state index contributed by atoms with van der Waals surface area (Å²) in [5, 5.41) is 0. The number of likely N-dealkylation sites (tertiary alicyclic amines) is 1. The van der Waals surface area contributed by atoms with Crippen LogP contribution in [0.5, 0.6) is 0 Å². The van der Waals surface area contributed by atoms with Gasteiger partial charge < -0.3 is 10.6 Å². The number of hydrogen-bond acceptors (Lipinski definition) is 2. The summed E-state index contributed by atoms with van der Waals surface area (Å²) in [6.45, 7) is 6.32. The zero-order valence-electron chi connectivity index (χ0n) is 11.0. The molecule has 1 heterocycles. The summed E-state index contributed by atoms with van der Waals surface area (Å²) in [5.41, 5.74) is 5.75. The second-order valence-electron chi connectivity index (χ2n) is 5.43. The minimum absolute atomic E-state index is 0. The lowest BCUT2D eigenvalue weighted by Gasteiger charge is -2.33. The fourth-order valence-corrected chi connectivity index (χ4v) is 3.23. The molecule has 1 aliphatic heterocycles. The Morgan fingerprint density at radius 1 is 1.28 bits per heavy atom. The lowest BCUT2D eigenvalue weighted by Crippen LogP contribution is -2.43. The average Bonchev–Trinajstić information content (AvgIpc) is 2.86. The first-order chi connectivity index (χ1) is 8.26. The van der Waals surface area contributed by atoms with Crippen LogP contribution in [0.3, 0.4) is 0 Å². The fraction of sp³-hybridized carbons (Fsp3) is 0.786. The standard InChI is InChI=1S/C14H24N2O.ClH/c1-2-11-6-8-16(9-7-11)14(17)13-5-3-4-12(13)10-15;/h2,11-13H,1,3-10,15H2;1H/t12-,13-;/m1./s1. The van der Waals surface area contributed by atoms with Gasteiger partial charge in [-0.2, -0.15) is 0 Å². The van der Waals surface area contributed by atoms with Crippen molar-refractivity contribution in [3.63, 3.8) is 0 Å². The summed E-state index contributed by atoms with van der Waals surface area (Å²) in [7, 11) is 0. The predicted octanol–water partition coefficient (Wildman–Crippen LogP) is 2.21. The summed E-state index contributed by atoms with van der Waals surface area (Å²) in [4.78, 5) is 14.5. The zero-order valence-corrected chi connectivity index (χ0v) is 11.8. The molecule has 0 aromatic carbocycles. The van der Waals surface area contributed by atoms with Crippen molar-refractivity contribution in [2.45, 2.75) is 32.1 Å². The van der Waals surface area contributed by atoms with Crippen molar-refractivity contribution < 1.29 is 4.79 Å². The zero-order chi connectivity index (χ0) is 12.3. The monoisotopic (exact) mass is 272 g/mol.